The second kappa shape index (κ2) is 7.14. The van der Waals surface area contributed by atoms with Crippen LogP contribution in [0.5, 0.6) is 0 Å². The molecule has 0 aromatic heterocycles. The first-order chi connectivity index (χ1) is 9.95. The number of carboxylic acids is 1. The molecule has 0 unspecified atom stereocenters. The molecule has 0 radical (unpaired) electrons. The van der Waals surface area contributed by atoms with Crippen molar-refractivity contribution in [2.45, 2.75) is 38.1 Å². The molecule has 0 aliphatic heterocycles. The molecule has 21 heavy (non-hydrogen) atoms. The lowest BCUT2D eigenvalue weighted by atomic mass is 10.1. The topological polar surface area (TPSA) is 66.4 Å². The van der Waals surface area contributed by atoms with E-state index in [9.17, 15) is 9.59 Å². The average molecular weight is 330 g/mol. The van der Waals surface area contributed by atoms with Gasteiger partial charge >= 0.3 is 5.97 Å². The number of benzene rings is 1. The third-order valence-electron chi connectivity index (χ3n) is 3.77. The third kappa shape index (κ3) is 4.61. The monoisotopic (exact) mass is 329 g/mol. The van der Waals surface area contributed by atoms with Crippen molar-refractivity contribution in [1.82, 2.24) is 5.32 Å². The van der Waals surface area contributed by atoms with E-state index in [1.54, 1.807) is 12.1 Å². The minimum atomic E-state index is -0.775. The van der Waals surface area contributed by atoms with Gasteiger partial charge in [0.15, 0.2) is 0 Å². The van der Waals surface area contributed by atoms with Crippen molar-refractivity contribution in [2.75, 3.05) is 0 Å². The van der Waals surface area contributed by atoms with Crippen LogP contribution in [0.2, 0.25) is 10.0 Å². The number of aryl methyl sites for hydroxylation is 1. The summed E-state index contributed by atoms with van der Waals surface area (Å²) in [7, 11) is 0. The van der Waals surface area contributed by atoms with Gasteiger partial charge in [-0.3, -0.25) is 9.59 Å². The summed E-state index contributed by atoms with van der Waals surface area (Å²) in [5.41, 5.74) is 0.953. The summed E-state index contributed by atoms with van der Waals surface area (Å²) in [4.78, 5) is 22.8. The number of aliphatic carboxylic acids is 1. The summed E-state index contributed by atoms with van der Waals surface area (Å²) >= 11 is 11.8. The third-order valence-corrected chi connectivity index (χ3v) is 4.51. The van der Waals surface area contributed by atoms with E-state index >= 15 is 0 Å². The van der Waals surface area contributed by atoms with Gasteiger partial charge in [0.05, 0.1) is 16.0 Å². The van der Waals surface area contributed by atoms with E-state index in [4.69, 9.17) is 28.3 Å². The summed E-state index contributed by atoms with van der Waals surface area (Å²) in [5.74, 6) is -1.16. The van der Waals surface area contributed by atoms with Crippen molar-refractivity contribution in [3.8, 4) is 0 Å². The molecule has 1 amide bonds. The van der Waals surface area contributed by atoms with Gasteiger partial charge in [-0.1, -0.05) is 29.3 Å². The number of halogens is 2. The summed E-state index contributed by atoms with van der Waals surface area (Å²) < 4.78 is 0. The highest BCUT2D eigenvalue weighted by molar-refractivity contribution is 6.42. The molecule has 4 nitrogen and oxygen atoms in total. The van der Waals surface area contributed by atoms with Gasteiger partial charge in [0.2, 0.25) is 5.91 Å². The van der Waals surface area contributed by atoms with Crippen LogP contribution in [0.15, 0.2) is 18.2 Å². The van der Waals surface area contributed by atoms with Crippen molar-refractivity contribution in [3.05, 3.63) is 33.8 Å². The summed E-state index contributed by atoms with van der Waals surface area (Å²) in [6.45, 7) is 0. The van der Waals surface area contributed by atoms with Gasteiger partial charge in [0.25, 0.3) is 0 Å². The highest BCUT2D eigenvalue weighted by atomic mass is 35.5. The molecular weight excluding hydrogens is 313 g/mol. The maximum absolute atomic E-state index is 11.9. The predicted molar refractivity (Wildman–Crippen MR) is 81.7 cm³/mol. The lowest BCUT2D eigenvalue weighted by molar-refractivity contribution is -0.141. The number of nitrogens with one attached hydrogen (secondary N) is 1. The molecule has 2 atom stereocenters. The molecule has 0 saturated heterocycles. The Morgan fingerprint density at radius 2 is 2.00 bits per heavy atom. The Morgan fingerprint density at radius 3 is 2.62 bits per heavy atom. The average Bonchev–Trinajstić information content (AvgIpc) is 2.89. The molecule has 0 bridgehead atoms. The van der Waals surface area contributed by atoms with Crippen LogP contribution in [-0.2, 0) is 16.0 Å². The Balaban J connectivity index is 1.77. The first-order valence-electron chi connectivity index (χ1n) is 6.92. The molecule has 114 valence electrons. The summed E-state index contributed by atoms with van der Waals surface area (Å²) in [6.07, 6.45) is 2.82. The van der Waals surface area contributed by atoms with Gasteiger partial charge in [-0.15, -0.1) is 0 Å². The number of hydrogen-bond acceptors (Lipinski definition) is 2. The largest absolute Gasteiger partial charge is 0.481 e. The Hall–Kier alpha value is -1.26. The van der Waals surface area contributed by atoms with E-state index < -0.39 is 5.97 Å². The first-order valence-corrected chi connectivity index (χ1v) is 7.67. The van der Waals surface area contributed by atoms with Crippen molar-refractivity contribution in [3.63, 3.8) is 0 Å². The highest BCUT2D eigenvalue weighted by Gasteiger charge is 2.30. The Labute approximate surface area is 133 Å². The molecule has 1 aromatic carbocycles. The van der Waals surface area contributed by atoms with Gasteiger partial charge in [0.1, 0.15) is 0 Å². The molecule has 2 rings (SSSR count). The van der Waals surface area contributed by atoms with Crippen molar-refractivity contribution in [2.24, 2.45) is 5.92 Å². The summed E-state index contributed by atoms with van der Waals surface area (Å²) in [5, 5.41) is 12.8. The fourth-order valence-corrected chi connectivity index (χ4v) is 2.91. The lowest BCUT2D eigenvalue weighted by Crippen LogP contribution is -2.33. The van der Waals surface area contributed by atoms with Gasteiger partial charge in [-0.05, 0) is 43.4 Å². The Kier molecular flexibility index (Phi) is 5.48. The van der Waals surface area contributed by atoms with Crippen LogP contribution in [0.1, 0.15) is 31.2 Å². The van der Waals surface area contributed by atoms with Crippen LogP contribution in [0.25, 0.3) is 0 Å². The normalized spacial score (nSPS) is 21.2. The molecule has 0 spiro atoms. The van der Waals surface area contributed by atoms with Crippen molar-refractivity contribution >= 4 is 35.1 Å². The Bertz CT molecular complexity index is 548. The number of amides is 1. The number of carbonyl (C=O) groups excluding carboxylic acids is 1. The van der Waals surface area contributed by atoms with E-state index in [1.165, 1.54) is 0 Å². The maximum atomic E-state index is 11.9. The van der Waals surface area contributed by atoms with Gasteiger partial charge in [-0.25, -0.2) is 0 Å². The number of carbonyl (C=O) groups is 2. The molecule has 2 N–H and O–H groups in total. The van der Waals surface area contributed by atoms with Crippen LogP contribution in [0, 0.1) is 5.92 Å². The van der Waals surface area contributed by atoms with Gasteiger partial charge < -0.3 is 10.4 Å². The minimum Gasteiger partial charge on any atom is -0.481 e. The summed E-state index contributed by atoms with van der Waals surface area (Å²) in [6, 6.07) is 5.29. The SMILES string of the molecule is O=C(CCc1ccc(Cl)c(Cl)c1)N[C@H]1CC[C@@H](C(=O)O)C1. The van der Waals surface area contributed by atoms with Gasteiger partial charge in [0, 0.05) is 12.5 Å². The molecule has 1 aliphatic carbocycles. The molecule has 6 heteroatoms. The van der Waals surface area contributed by atoms with Crippen molar-refractivity contribution in [1.29, 1.82) is 0 Å². The fourth-order valence-electron chi connectivity index (χ4n) is 2.59. The van der Waals surface area contributed by atoms with Crippen molar-refractivity contribution < 1.29 is 14.7 Å². The lowest BCUT2D eigenvalue weighted by Gasteiger charge is -2.12. The van der Waals surface area contributed by atoms with E-state index in [2.05, 4.69) is 5.32 Å². The van der Waals surface area contributed by atoms with E-state index in [1.807, 2.05) is 6.07 Å². The zero-order chi connectivity index (χ0) is 15.4. The molecule has 1 aliphatic rings. The first kappa shape index (κ1) is 16.1. The van der Waals surface area contributed by atoms with Crippen LogP contribution in [0.3, 0.4) is 0 Å². The highest BCUT2D eigenvalue weighted by Crippen LogP contribution is 2.26. The molecule has 1 fully saturated rings. The number of rotatable bonds is 5. The predicted octanol–water partition coefficient (Wildman–Crippen LogP) is 3.30. The molecule has 0 heterocycles. The second-order valence-electron chi connectivity index (χ2n) is 5.36. The number of carboxylic acid groups (broad SMARTS) is 1. The van der Waals surface area contributed by atoms with Gasteiger partial charge in [-0.2, -0.15) is 0 Å². The Morgan fingerprint density at radius 1 is 1.24 bits per heavy atom. The number of hydrogen-bond donors (Lipinski definition) is 2. The van der Waals surface area contributed by atoms with Crippen LogP contribution in [0.4, 0.5) is 0 Å². The minimum absolute atomic E-state index is 0.0209. The quantitative estimate of drug-likeness (QED) is 0.870. The zero-order valence-corrected chi connectivity index (χ0v) is 13.0. The van der Waals surface area contributed by atoms with Crippen LogP contribution < -0.4 is 5.32 Å². The van der Waals surface area contributed by atoms with Crippen LogP contribution in [-0.4, -0.2) is 23.0 Å². The maximum Gasteiger partial charge on any atom is 0.306 e. The molecular formula is C15H17Cl2NO3. The molecule has 1 saturated carbocycles. The standard InChI is InChI=1S/C15H17Cl2NO3/c16-12-5-1-9(7-13(12)17)2-6-14(19)18-11-4-3-10(8-11)15(20)21/h1,5,7,10-11H,2-4,6,8H2,(H,18,19)(H,20,21)/t10-,11+/m1/s1. The second-order valence-corrected chi connectivity index (χ2v) is 6.18. The van der Waals surface area contributed by atoms with E-state index in [0.717, 1.165) is 12.0 Å². The smallest absolute Gasteiger partial charge is 0.306 e. The van der Waals surface area contributed by atoms with E-state index in [-0.39, 0.29) is 17.9 Å². The fraction of sp³-hybridized carbons (Fsp3) is 0.467. The van der Waals surface area contributed by atoms with Crippen LogP contribution >= 0.6 is 23.2 Å². The zero-order valence-electron chi connectivity index (χ0n) is 11.4. The van der Waals surface area contributed by atoms with E-state index in [0.29, 0.717) is 35.7 Å². The molecule has 1 aromatic rings.